The van der Waals surface area contributed by atoms with E-state index in [-0.39, 0.29) is 18.0 Å². The quantitative estimate of drug-likeness (QED) is 0.499. The number of rotatable bonds is 6. The van der Waals surface area contributed by atoms with Crippen molar-refractivity contribution in [3.05, 3.63) is 61.6 Å². The number of H-pyrrole nitrogens is 1. The number of amides is 1. The lowest BCUT2D eigenvalue weighted by molar-refractivity contribution is 0.0952. The summed E-state index contributed by atoms with van der Waals surface area (Å²) in [6, 6.07) is 6.30. The van der Waals surface area contributed by atoms with Gasteiger partial charge in [-0.1, -0.05) is 28.8 Å². The summed E-state index contributed by atoms with van der Waals surface area (Å²) in [4.78, 5) is 33.8. The van der Waals surface area contributed by atoms with Crippen LogP contribution in [0.25, 0.3) is 10.9 Å². The average Bonchev–Trinajstić information content (AvgIpc) is 3.49. The zero-order valence-corrected chi connectivity index (χ0v) is 22.0. The summed E-state index contributed by atoms with van der Waals surface area (Å²) in [5, 5.41) is 8.50. The molecule has 1 aromatic carbocycles. The van der Waals surface area contributed by atoms with Gasteiger partial charge in [-0.25, -0.2) is 0 Å². The molecule has 1 saturated heterocycles. The van der Waals surface area contributed by atoms with Crippen LogP contribution in [-0.4, -0.2) is 63.7 Å². The Balaban J connectivity index is 1.37. The fourth-order valence-electron chi connectivity index (χ4n) is 5.37. The highest BCUT2D eigenvalue weighted by atomic mass is 79.9. The van der Waals surface area contributed by atoms with Crippen molar-refractivity contribution < 1.29 is 4.79 Å². The molecule has 1 saturated carbocycles. The summed E-state index contributed by atoms with van der Waals surface area (Å²) < 4.78 is 2.92. The summed E-state index contributed by atoms with van der Waals surface area (Å²) in [5.74, 6) is -0.201. The van der Waals surface area contributed by atoms with Gasteiger partial charge >= 0.3 is 0 Å². The zero-order chi connectivity index (χ0) is 24.5. The lowest BCUT2D eigenvalue weighted by Crippen LogP contribution is -2.44. The van der Waals surface area contributed by atoms with E-state index in [0.717, 1.165) is 65.7 Å². The SMILES string of the molecule is Cc1cc(CN2CCN(C)CC2)c(CNC(=O)c2cc(Br)cc3c2cnn3C2CCCC2)c(=O)[nH]1. The van der Waals surface area contributed by atoms with Gasteiger partial charge in [-0.2, -0.15) is 5.10 Å². The summed E-state index contributed by atoms with van der Waals surface area (Å²) >= 11 is 3.58. The van der Waals surface area contributed by atoms with Crippen molar-refractivity contribution in [1.29, 1.82) is 0 Å². The van der Waals surface area contributed by atoms with Gasteiger partial charge in [0.25, 0.3) is 11.5 Å². The number of hydrogen-bond acceptors (Lipinski definition) is 5. The fraction of sp³-hybridized carbons (Fsp3) is 0.500. The highest BCUT2D eigenvalue weighted by Gasteiger charge is 2.23. The molecule has 9 heteroatoms. The fourth-order valence-corrected chi connectivity index (χ4v) is 5.81. The Bertz CT molecular complexity index is 1280. The minimum atomic E-state index is -0.201. The first kappa shape index (κ1) is 24.2. The molecule has 1 aliphatic heterocycles. The first-order chi connectivity index (χ1) is 16.9. The lowest BCUT2D eigenvalue weighted by atomic mass is 10.1. The summed E-state index contributed by atoms with van der Waals surface area (Å²) in [5.41, 5.74) is 3.84. The third-order valence-electron chi connectivity index (χ3n) is 7.37. The van der Waals surface area contributed by atoms with Gasteiger partial charge in [0.05, 0.1) is 23.3 Å². The van der Waals surface area contributed by atoms with E-state index >= 15 is 0 Å². The van der Waals surface area contributed by atoms with Crippen LogP contribution in [0.1, 0.15) is 58.9 Å². The Hall–Kier alpha value is -2.49. The molecule has 0 bridgehead atoms. The monoisotopic (exact) mass is 540 g/mol. The Labute approximate surface area is 213 Å². The second-order valence-corrected chi connectivity index (χ2v) is 10.9. The number of hydrogen-bond donors (Lipinski definition) is 2. The molecule has 1 aliphatic carbocycles. The Morgan fingerprint density at radius 3 is 2.66 bits per heavy atom. The van der Waals surface area contributed by atoms with Gasteiger partial charge in [-0.15, -0.1) is 0 Å². The van der Waals surface area contributed by atoms with Gasteiger partial charge in [0.1, 0.15) is 0 Å². The number of aromatic amines is 1. The number of nitrogens with zero attached hydrogens (tertiary/aromatic N) is 4. The molecule has 1 amide bonds. The molecular weight excluding hydrogens is 508 g/mol. The van der Waals surface area contributed by atoms with Crippen LogP contribution in [0.4, 0.5) is 0 Å². The van der Waals surface area contributed by atoms with Crippen molar-refractivity contribution in [3.63, 3.8) is 0 Å². The summed E-state index contributed by atoms with van der Waals surface area (Å²) in [7, 11) is 2.13. The van der Waals surface area contributed by atoms with Crippen LogP contribution in [-0.2, 0) is 13.1 Å². The predicted molar refractivity (Wildman–Crippen MR) is 141 cm³/mol. The normalized spacial score (nSPS) is 17.9. The maximum Gasteiger partial charge on any atom is 0.253 e. The molecule has 35 heavy (non-hydrogen) atoms. The number of fused-ring (bicyclic) bond motifs is 1. The maximum atomic E-state index is 13.3. The van der Waals surface area contributed by atoms with Gasteiger partial charge in [-0.3, -0.25) is 19.2 Å². The highest BCUT2D eigenvalue weighted by Crippen LogP contribution is 2.33. The molecule has 2 aliphatic rings. The third kappa shape index (κ3) is 5.22. The third-order valence-corrected chi connectivity index (χ3v) is 7.83. The largest absolute Gasteiger partial charge is 0.348 e. The van der Waals surface area contributed by atoms with Crippen LogP contribution >= 0.6 is 15.9 Å². The smallest absolute Gasteiger partial charge is 0.253 e. The molecular formula is C26H33BrN6O2. The Kier molecular flexibility index (Phi) is 7.09. The van der Waals surface area contributed by atoms with E-state index in [1.807, 2.05) is 25.1 Å². The molecule has 5 rings (SSSR count). The summed E-state index contributed by atoms with van der Waals surface area (Å²) in [6.45, 7) is 6.76. The molecule has 0 unspecified atom stereocenters. The van der Waals surface area contributed by atoms with Crippen LogP contribution in [0.3, 0.4) is 0 Å². The second-order valence-electron chi connectivity index (χ2n) is 9.96. The van der Waals surface area contributed by atoms with E-state index in [2.05, 4.69) is 52.9 Å². The highest BCUT2D eigenvalue weighted by molar-refractivity contribution is 9.10. The van der Waals surface area contributed by atoms with Crippen molar-refractivity contribution >= 4 is 32.7 Å². The van der Waals surface area contributed by atoms with Crippen molar-refractivity contribution in [3.8, 4) is 0 Å². The van der Waals surface area contributed by atoms with Crippen molar-refractivity contribution in [2.24, 2.45) is 0 Å². The van der Waals surface area contributed by atoms with E-state index in [4.69, 9.17) is 0 Å². The van der Waals surface area contributed by atoms with Gasteiger partial charge in [0.2, 0.25) is 0 Å². The number of carbonyl (C=O) groups excluding carboxylic acids is 1. The molecule has 2 N–H and O–H groups in total. The van der Waals surface area contributed by atoms with E-state index in [9.17, 15) is 9.59 Å². The van der Waals surface area contributed by atoms with Crippen molar-refractivity contribution in [2.45, 2.75) is 51.7 Å². The zero-order valence-electron chi connectivity index (χ0n) is 20.4. The van der Waals surface area contributed by atoms with Crippen LogP contribution in [0.2, 0.25) is 0 Å². The van der Waals surface area contributed by atoms with Crippen LogP contribution in [0.5, 0.6) is 0 Å². The van der Waals surface area contributed by atoms with Crippen molar-refractivity contribution in [1.82, 2.24) is 29.9 Å². The molecule has 2 fully saturated rings. The van der Waals surface area contributed by atoms with Gasteiger partial charge < -0.3 is 15.2 Å². The molecule has 3 aromatic rings. The lowest BCUT2D eigenvalue weighted by Gasteiger charge is -2.32. The molecule has 8 nitrogen and oxygen atoms in total. The standard InChI is InChI=1S/C26H33BrN6O2/c1-17-11-18(16-32-9-7-31(2)8-10-32)22(26(35)30-17)14-28-25(34)21-12-19(27)13-24-23(21)15-29-33(24)20-5-3-4-6-20/h11-13,15,20H,3-10,14,16H2,1-2H3,(H,28,34)(H,30,35). The van der Waals surface area contributed by atoms with Crippen LogP contribution in [0, 0.1) is 6.92 Å². The minimum Gasteiger partial charge on any atom is -0.348 e. The van der Waals surface area contributed by atoms with Crippen molar-refractivity contribution in [2.75, 3.05) is 33.2 Å². The number of piperazine rings is 1. The Morgan fingerprint density at radius 1 is 1.17 bits per heavy atom. The van der Waals surface area contributed by atoms with E-state index in [1.165, 1.54) is 12.8 Å². The number of aromatic nitrogens is 3. The molecule has 186 valence electrons. The van der Waals surface area contributed by atoms with Crippen LogP contribution < -0.4 is 10.9 Å². The predicted octanol–water partition coefficient (Wildman–Crippen LogP) is 3.59. The molecule has 2 aromatic heterocycles. The Morgan fingerprint density at radius 2 is 1.91 bits per heavy atom. The first-order valence-corrected chi connectivity index (χ1v) is 13.3. The number of aryl methyl sites for hydroxylation is 1. The first-order valence-electron chi connectivity index (χ1n) is 12.5. The average molecular weight is 541 g/mol. The topological polar surface area (TPSA) is 86.3 Å². The summed E-state index contributed by atoms with van der Waals surface area (Å²) in [6.07, 6.45) is 6.48. The number of nitrogens with one attached hydrogen (secondary N) is 2. The molecule has 0 atom stereocenters. The van der Waals surface area contributed by atoms with Gasteiger partial charge in [0, 0.05) is 60.4 Å². The van der Waals surface area contributed by atoms with E-state index in [1.54, 1.807) is 6.20 Å². The number of likely N-dealkylation sites (N-methyl/N-ethyl adjacent to an activating group) is 1. The molecule has 0 spiro atoms. The number of pyridine rings is 1. The molecule has 0 radical (unpaired) electrons. The number of benzene rings is 1. The second kappa shape index (κ2) is 10.2. The van der Waals surface area contributed by atoms with Crippen LogP contribution in [0.15, 0.2) is 33.7 Å². The number of halogens is 1. The van der Waals surface area contributed by atoms with Gasteiger partial charge in [-0.05, 0) is 50.6 Å². The van der Waals surface area contributed by atoms with E-state index < -0.39 is 0 Å². The van der Waals surface area contributed by atoms with Gasteiger partial charge in [0.15, 0.2) is 0 Å². The maximum absolute atomic E-state index is 13.3. The molecule has 3 heterocycles. The minimum absolute atomic E-state index is 0.136. The van der Waals surface area contributed by atoms with E-state index in [0.29, 0.717) is 23.7 Å². The number of carbonyl (C=O) groups is 1.